The average molecular weight is 387 g/mol. The molecule has 3 aromatic carbocycles. The van der Waals surface area contributed by atoms with Gasteiger partial charge in [0.15, 0.2) is 6.10 Å². The predicted octanol–water partition coefficient (Wildman–Crippen LogP) is 4.28. The van der Waals surface area contributed by atoms with Crippen molar-refractivity contribution in [2.75, 3.05) is 0 Å². The third-order valence-electron chi connectivity index (χ3n) is 4.59. The molecule has 0 bridgehead atoms. The molecule has 6 heteroatoms. The summed E-state index contributed by atoms with van der Waals surface area (Å²) in [6, 6.07) is 21.6. The minimum absolute atomic E-state index is 0.142. The molecular weight excluding hydrogens is 366 g/mol. The minimum atomic E-state index is -0.657. The summed E-state index contributed by atoms with van der Waals surface area (Å²) in [6.07, 6.45) is -0.657. The molecule has 146 valence electrons. The Labute approximate surface area is 168 Å². The maximum Gasteiger partial charge on any atom is 0.261 e. The SMILES string of the molecule is Cc1ccc(-c2noc(CNC(=O)[C@@H](C)Oc3ccc4ccccc4c3)n2)cc1. The largest absolute Gasteiger partial charge is 0.481 e. The first-order valence-electron chi connectivity index (χ1n) is 9.41. The molecule has 0 unspecified atom stereocenters. The van der Waals surface area contributed by atoms with Crippen molar-refractivity contribution in [3.05, 3.63) is 78.2 Å². The van der Waals surface area contributed by atoms with Gasteiger partial charge in [-0.3, -0.25) is 4.79 Å². The first kappa shape index (κ1) is 18.7. The molecule has 0 spiro atoms. The maximum absolute atomic E-state index is 12.4. The number of rotatable bonds is 6. The van der Waals surface area contributed by atoms with Gasteiger partial charge in [0.1, 0.15) is 5.75 Å². The van der Waals surface area contributed by atoms with Crippen molar-refractivity contribution in [3.63, 3.8) is 0 Å². The first-order valence-corrected chi connectivity index (χ1v) is 9.41. The van der Waals surface area contributed by atoms with E-state index < -0.39 is 6.10 Å². The summed E-state index contributed by atoms with van der Waals surface area (Å²) in [7, 11) is 0. The highest BCUT2D eigenvalue weighted by atomic mass is 16.5. The van der Waals surface area contributed by atoms with E-state index in [0.717, 1.165) is 21.9 Å². The molecule has 29 heavy (non-hydrogen) atoms. The lowest BCUT2D eigenvalue weighted by molar-refractivity contribution is -0.127. The number of nitrogens with one attached hydrogen (secondary N) is 1. The number of aryl methyl sites for hydroxylation is 1. The van der Waals surface area contributed by atoms with Crippen molar-refractivity contribution in [1.82, 2.24) is 15.5 Å². The van der Waals surface area contributed by atoms with Gasteiger partial charge in [-0.25, -0.2) is 0 Å². The maximum atomic E-state index is 12.4. The van der Waals surface area contributed by atoms with Crippen LogP contribution in [0, 0.1) is 6.92 Å². The van der Waals surface area contributed by atoms with Crippen LogP contribution < -0.4 is 10.1 Å². The van der Waals surface area contributed by atoms with Gasteiger partial charge in [-0.2, -0.15) is 4.98 Å². The van der Waals surface area contributed by atoms with E-state index in [9.17, 15) is 4.79 Å². The van der Waals surface area contributed by atoms with Crippen LogP contribution in [0.3, 0.4) is 0 Å². The lowest BCUT2D eigenvalue weighted by atomic mass is 10.1. The molecule has 1 amide bonds. The molecular formula is C23H21N3O3. The highest BCUT2D eigenvalue weighted by Gasteiger charge is 2.16. The van der Waals surface area contributed by atoms with Gasteiger partial charge in [-0.15, -0.1) is 0 Å². The predicted molar refractivity (Wildman–Crippen MR) is 110 cm³/mol. The zero-order chi connectivity index (χ0) is 20.2. The van der Waals surface area contributed by atoms with Crippen molar-refractivity contribution in [2.45, 2.75) is 26.5 Å². The number of fused-ring (bicyclic) bond motifs is 1. The zero-order valence-electron chi connectivity index (χ0n) is 16.3. The van der Waals surface area contributed by atoms with Crippen molar-refractivity contribution in [1.29, 1.82) is 0 Å². The molecule has 6 nitrogen and oxygen atoms in total. The Hall–Kier alpha value is -3.67. The van der Waals surface area contributed by atoms with Crippen LogP contribution >= 0.6 is 0 Å². The summed E-state index contributed by atoms with van der Waals surface area (Å²) < 4.78 is 11.0. The van der Waals surface area contributed by atoms with Crippen LogP contribution in [0.1, 0.15) is 18.4 Å². The highest BCUT2D eigenvalue weighted by Crippen LogP contribution is 2.21. The van der Waals surface area contributed by atoms with Crippen LogP contribution in [0.2, 0.25) is 0 Å². The van der Waals surface area contributed by atoms with E-state index in [4.69, 9.17) is 9.26 Å². The van der Waals surface area contributed by atoms with Gasteiger partial charge >= 0.3 is 0 Å². The number of ether oxygens (including phenoxy) is 1. The number of hydrogen-bond donors (Lipinski definition) is 1. The molecule has 1 aromatic heterocycles. The second-order valence-electron chi connectivity index (χ2n) is 6.86. The zero-order valence-corrected chi connectivity index (χ0v) is 16.3. The summed E-state index contributed by atoms with van der Waals surface area (Å²) in [5, 5.41) is 8.92. The van der Waals surface area contributed by atoms with Crippen LogP contribution in [0.4, 0.5) is 0 Å². The van der Waals surface area contributed by atoms with Crippen LogP contribution in [-0.4, -0.2) is 22.2 Å². The van der Waals surface area contributed by atoms with E-state index in [1.807, 2.05) is 73.7 Å². The second-order valence-corrected chi connectivity index (χ2v) is 6.86. The molecule has 1 N–H and O–H groups in total. The summed E-state index contributed by atoms with van der Waals surface area (Å²) in [5.74, 6) is 1.22. The van der Waals surface area contributed by atoms with Crippen molar-refractivity contribution >= 4 is 16.7 Å². The Morgan fingerprint density at radius 2 is 1.83 bits per heavy atom. The summed E-state index contributed by atoms with van der Waals surface area (Å²) in [5.41, 5.74) is 2.02. The number of amides is 1. The van der Waals surface area contributed by atoms with Crippen LogP contribution in [-0.2, 0) is 11.3 Å². The third kappa shape index (κ3) is 4.43. The molecule has 1 heterocycles. The highest BCUT2D eigenvalue weighted by molar-refractivity contribution is 5.84. The number of nitrogens with zero attached hydrogens (tertiary/aromatic N) is 2. The number of aromatic nitrogens is 2. The smallest absolute Gasteiger partial charge is 0.261 e. The van der Waals surface area contributed by atoms with E-state index in [0.29, 0.717) is 17.5 Å². The van der Waals surface area contributed by atoms with Gasteiger partial charge in [0.05, 0.1) is 6.54 Å². The molecule has 1 atom stereocenters. The average Bonchev–Trinajstić information content (AvgIpc) is 3.21. The van der Waals surface area contributed by atoms with Crippen molar-refractivity contribution in [2.24, 2.45) is 0 Å². The van der Waals surface area contributed by atoms with Crippen LogP contribution in [0.5, 0.6) is 5.75 Å². The number of benzene rings is 3. The van der Waals surface area contributed by atoms with Crippen molar-refractivity contribution in [3.8, 4) is 17.1 Å². The lowest BCUT2D eigenvalue weighted by Gasteiger charge is -2.14. The minimum Gasteiger partial charge on any atom is -0.481 e. The number of hydrogen-bond acceptors (Lipinski definition) is 5. The van der Waals surface area contributed by atoms with Crippen LogP contribution in [0.25, 0.3) is 22.2 Å². The van der Waals surface area contributed by atoms with Gasteiger partial charge in [0, 0.05) is 5.56 Å². The Kier molecular flexibility index (Phi) is 5.24. The van der Waals surface area contributed by atoms with Gasteiger partial charge < -0.3 is 14.6 Å². The fraction of sp³-hybridized carbons (Fsp3) is 0.174. The third-order valence-corrected chi connectivity index (χ3v) is 4.59. The van der Waals surface area contributed by atoms with Gasteiger partial charge in [-0.05, 0) is 36.8 Å². The lowest BCUT2D eigenvalue weighted by Crippen LogP contribution is -2.35. The Morgan fingerprint density at radius 1 is 1.07 bits per heavy atom. The summed E-state index contributed by atoms with van der Waals surface area (Å²) >= 11 is 0. The molecule has 0 aliphatic carbocycles. The summed E-state index contributed by atoms with van der Waals surface area (Å²) in [6.45, 7) is 3.86. The van der Waals surface area contributed by atoms with E-state index in [1.165, 1.54) is 0 Å². The molecule has 0 saturated carbocycles. The molecule has 0 fully saturated rings. The number of carbonyl (C=O) groups is 1. The molecule has 0 radical (unpaired) electrons. The summed E-state index contributed by atoms with van der Waals surface area (Å²) in [4.78, 5) is 16.7. The first-order chi connectivity index (χ1) is 14.1. The van der Waals surface area contributed by atoms with Gasteiger partial charge in [0.2, 0.25) is 11.7 Å². The molecule has 0 aliphatic heterocycles. The quantitative estimate of drug-likeness (QED) is 0.534. The van der Waals surface area contributed by atoms with E-state index in [1.54, 1.807) is 6.92 Å². The second kappa shape index (κ2) is 8.14. The number of carbonyl (C=O) groups excluding carboxylic acids is 1. The molecule has 4 rings (SSSR count). The fourth-order valence-corrected chi connectivity index (χ4v) is 2.95. The normalized spacial score (nSPS) is 11.9. The molecule has 4 aromatic rings. The fourth-order valence-electron chi connectivity index (χ4n) is 2.95. The monoisotopic (exact) mass is 387 g/mol. The Bertz CT molecular complexity index is 1140. The Balaban J connectivity index is 1.34. The van der Waals surface area contributed by atoms with Crippen LogP contribution in [0.15, 0.2) is 71.3 Å². The Morgan fingerprint density at radius 3 is 2.62 bits per heavy atom. The standard InChI is InChI=1S/C23H21N3O3/c1-15-7-9-18(10-8-15)22-25-21(29-26-22)14-24-23(27)16(2)28-20-12-11-17-5-3-4-6-19(17)13-20/h3-13,16H,14H2,1-2H3,(H,24,27)/t16-/m1/s1. The van der Waals surface area contributed by atoms with E-state index in [-0.39, 0.29) is 12.5 Å². The van der Waals surface area contributed by atoms with Gasteiger partial charge in [-0.1, -0.05) is 65.3 Å². The molecule has 0 saturated heterocycles. The van der Waals surface area contributed by atoms with Crippen molar-refractivity contribution < 1.29 is 14.1 Å². The van der Waals surface area contributed by atoms with Gasteiger partial charge in [0.25, 0.3) is 5.91 Å². The van der Waals surface area contributed by atoms with E-state index in [2.05, 4.69) is 15.5 Å². The molecule has 0 aliphatic rings. The van der Waals surface area contributed by atoms with E-state index >= 15 is 0 Å². The topological polar surface area (TPSA) is 77.2 Å².